The molecule has 2 aromatic rings. The third-order valence-electron chi connectivity index (χ3n) is 3.60. The van der Waals surface area contributed by atoms with E-state index < -0.39 is 0 Å². The van der Waals surface area contributed by atoms with Crippen LogP contribution in [0.1, 0.15) is 32.0 Å². The van der Waals surface area contributed by atoms with Crippen LogP contribution in [0.5, 0.6) is 0 Å². The van der Waals surface area contributed by atoms with Gasteiger partial charge in [-0.1, -0.05) is 18.2 Å². The number of rotatable bonds is 6. The largest absolute Gasteiger partial charge is 0.469 e. The normalized spacial score (nSPS) is 10.8. The quantitative estimate of drug-likeness (QED) is 0.803. The van der Waals surface area contributed by atoms with Gasteiger partial charge >= 0.3 is 5.97 Å². The average Bonchev–Trinajstić information content (AvgIpc) is 2.57. The summed E-state index contributed by atoms with van der Waals surface area (Å²) < 4.78 is 5.91. The molecule has 1 heterocycles. The predicted octanol–water partition coefficient (Wildman–Crippen LogP) is 1.20. The van der Waals surface area contributed by atoms with Gasteiger partial charge in [-0.2, -0.15) is 5.10 Å². The number of nitrogens with one attached hydrogen (secondary N) is 1. The van der Waals surface area contributed by atoms with Crippen molar-refractivity contribution in [1.82, 2.24) is 15.1 Å². The summed E-state index contributed by atoms with van der Waals surface area (Å²) in [4.78, 5) is 35.6. The van der Waals surface area contributed by atoms with E-state index in [-0.39, 0.29) is 42.9 Å². The molecular weight excluding hydrogens is 310 g/mol. The van der Waals surface area contributed by atoms with Gasteiger partial charge < -0.3 is 10.1 Å². The number of amides is 1. The number of ether oxygens (including phenoxy) is 1. The monoisotopic (exact) mass is 331 g/mol. The number of carbonyl (C=O) groups excluding carboxylic acids is 2. The van der Waals surface area contributed by atoms with E-state index >= 15 is 0 Å². The molecule has 0 unspecified atom stereocenters. The number of aromatic nitrogens is 2. The molecule has 128 valence electrons. The Kier molecular flexibility index (Phi) is 5.68. The summed E-state index contributed by atoms with van der Waals surface area (Å²) >= 11 is 0. The van der Waals surface area contributed by atoms with Gasteiger partial charge in [-0.05, 0) is 19.9 Å². The topological polar surface area (TPSA) is 90.3 Å². The summed E-state index contributed by atoms with van der Waals surface area (Å²) in [5.41, 5.74) is 0.366. The van der Waals surface area contributed by atoms with Gasteiger partial charge in [-0.15, -0.1) is 0 Å². The Morgan fingerprint density at radius 3 is 2.54 bits per heavy atom. The Morgan fingerprint density at radius 1 is 1.25 bits per heavy atom. The molecule has 0 fully saturated rings. The lowest BCUT2D eigenvalue weighted by molar-refractivity contribution is -0.140. The van der Waals surface area contributed by atoms with Crippen molar-refractivity contribution >= 4 is 22.6 Å². The van der Waals surface area contributed by atoms with E-state index in [0.29, 0.717) is 16.5 Å². The second-order valence-electron chi connectivity index (χ2n) is 5.69. The third-order valence-corrected chi connectivity index (χ3v) is 3.60. The van der Waals surface area contributed by atoms with Crippen molar-refractivity contribution in [3.8, 4) is 0 Å². The molecular formula is C17H21N3O4. The van der Waals surface area contributed by atoms with Gasteiger partial charge in [0, 0.05) is 11.9 Å². The fourth-order valence-electron chi connectivity index (χ4n) is 2.38. The maximum atomic E-state index is 12.4. The molecule has 7 heteroatoms. The molecule has 0 saturated heterocycles. The van der Waals surface area contributed by atoms with Gasteiger partial charge in [0.15, 0.2) is 0 Å². The molecule has 1 aromatic carbocycles. The number of fused-ring (bicyclic) bond motifs is 1. The minimum absolute atomic E-state index is 0.0364. The molecule has 0 atom stereocenters. The van der Waals surface area contributed by atoms with Gasteiger partial charge in [0.2, 0.25) is 5.91 Å². The smallest absolute Gasteiger partial charge is 0.307 e. The number of methoxy groups -OCH3 is 1. The van der Waals surface area contributed by atoms with Crippen LogP contribution in [0.2, 0.25) is 0 Å². The summed E-state index contributed by atoms with van der Waals surface area (Å²) in [5.74, 6) is -0.641. The third kappa shape index (κ3) is 3.98. The summed E-state index contributed by atoms with van der Waals surface area (Å²) in [6.07, 6.45) is 0.149. The molecule has 0 spiro atoms. The molecule has 0 aliphatic carbocycles. The molecule has 7 nitrogen and oxygen atoms in total. The van der Waals surface area contributed by atoms with Crippen molar-refractivity contribution in [2.24, 2.45) is 0 Å². The lowest BCUT2D eigenvalue weighted by Crippen LogP contribution is -2.31. The predicted molar refractivity (Wildman–Crippen MR) is 89.7 cm³/mol. The highest BCUT2D eigenvalue weighted by Gasteiger charge is 2.15. The fourth-order valence-corrected chi connectivity index (χ4v) is 2.38. The highest BCUT2D eigenvalue weighted by atomic mass is 16.5. The number of hydrogen-bond acceptors (Lipinski definition) is 5. The second-order valence-corrected chi connectivity index (χ2v) is 5.69. The summed E-state index contributed by atoms with van der Waals surface area (Å²) in [6, 6.07) is 7.00. The lowest BCUT2D eigenvalue weighted by Gasteiger charge is -2.13. The Labute approximate surface area is 139 Å². The van der Waals surface area contributed by atoms with Gasteiger partial charge in [-0.3, -0.25) is 14.4 Å². The summed E-state index contributed by atoms with van der Waals surface area (Å²) in [5, 5.41) is 8.22. The standard InChI is InChI=1S/C17H21N3O4/c1-11(2)20-17(23)13-7-5-4-6-12(13)14(19-20)10-15(21)18-9-8-16(22)24-3/h4-7,11H,8-10H2,1-3H3,(H,18,21). The van der Waals surface area contributed by atoms with Crippen molar-refractivity contribution < 1.29 is 14.3 Å². The maximum absolute atomic E-state index is 12.4. The van der Waals surface area contributed by atoms with E-state index in [1.807, 2.05) is 19.9 Å². The highest BCUT2D eigenvalue weighted by Crippen LogP contribution is 2.15. The molecule has 0 bridgehead atoms. The molecule has 0 radical (unpaired) electrons. The Balaban J connectivity index is 2.25. The first-order valence-electron chi connectivity index (χ1n) is 7.78. The van der Waals surface area contributed by atoms with Crippen molar-refractivity contribution in [3.63, 3.8) is 0 Å². The fraction of sp³-hybridized carbons (Fsp3) is 0.412. The van der Waals surface area contributed by atoms with E-state index in [1.54, 1.807) is 18.2 Å². The number of hydrogen-bond donors (Lipinski definition) is 1. The first kappa shape index (κ1) is 17.7. The van der Waals surface area contributed by atoms with Crippen LogP contribution in [-0.4, -0.2) is 35.3 Å². The van der Waals surface area contributed by atoms with Crippen LogP contribution < -0.4 is 10.9 Å². The maximum Gasteiger partial charge on any atom is 0.307 e. The zero-order chi connectivity index (χ0) is 17.7. The molecule has 1 N–H and O–H groups in total. The minimum Gasteiger partial charge on any atom is -0.469 e. The SMILES string of the molecule is COC(=O)CCNC(=O)Cc1nn(C(C)C)c(=O)c2ccccc12. The number of nitrogens with zero attached hydrogens (tertiary/aromatic N) is 2. The van der Waals surface area contributed by atoms with Crippen LogP contribution in [0.4, 0.5) is 0 Å². The number of benzene rings is 1. The number of carbonyl (C=O) groups is 2. The molecule has 2 rings (SSSR count). The molecule has 1 amide bonds. The molecule has 24 heavy (non-hydrogen) atoms. The minimum atomic E-state index is -0.382. The van der Waals surface area contributed by atoms with Crippen molar-refractivity contribution in [3.05, 3.63) is 40.3 Å². The van der Waals surface area contributed by atoms with E-state index in [2.05, 4.69) is 15.2 Å². The average molecular weight is 331 g/mol. The van der Waals surface area contributed by atoms with Gasteiger partial charge in [0.25, 0.3) is 5.56 Å². The van der Waals surface area contributed by atoms with Crippen LogP contribution in [0.25, 0.3) is 10.8 Å². The van der Waals surface area contributed by atoms with Crippen LogP contribution in [-0.2, 0) is 20.7 Å². The zero-order valence-electron chi connectivity index (χ0n) is 14.0. The zero-order valence-corrected chi connectivity index (χ0v) is 14.0. The van der Waals surface area contributed by atoms with E-state index in [9.17, 15) is 14.4 Å². The summed E-state index contributed by atoms with van der Waals surface area (Å²) in [7, 11) is 1.30. The molecule has 0 aliphatic rings. The van der Waals surface area contributed by atoms with Crippen LogP contribution in [0, 0.1) is 0 Å². The Hall–Kier alpha value is -2.70. The van der Waals surface area contributed by atoms with Gasteiger partial charge in [0.05, 0.1) is 37.1 Å². The van der Waals surface area contributed by atoms with E-state index in [0.717, 1.165) is 0 Å². The van der Waals surface area contributed by atoms with E-state index in [4.69, 9.17) is 0 Å². The van der Waals surface area contributed by atoms with Crippen LogP contribution in [0.3, 0.4) is 0 Å². The lowest BCUT2D eigenvalue weighted by atomic mass is 10.1. The van der Waals surface area contributed by atoms with Crippen LogP contribution >= 0.6 is 0 Å². The van der Waals surface area contributed by atoms with Gasteiger partial charge in [0.1, 0.15) is 0 Å². The summed E-state index contributed by atoms with van der Waals surface area (Å²) in [6.45, 7) is 3.93. The second kappa shape index (κ2) is 7.72. The molecule has 0 aliphatic heterocycles. The highest BCUT2D eigenvalue weighted by molar-refractivity contribution is 5.88. The van der Waals surface area contributed by atoms with Crippen LogP contribution in [0.15, 0.2) is 29.1 Å². The van der Waals surface area contributed by atoms with Crippen molar-refractivity contribution in [2.75, 3.05) is 13.7 Å². The Bertz CT molecular complexity index is 811. The first-order chi connectivity index (χ1) is 11.4. The first-order valence-corrected chi connectivity index (χ1v) is 7.78. The van der Waals surface area contributed by atoms with Crippen molar-refractivity contribution in [1.29, 1.82) is 0 Å². The van der Waals surface area contributed by atoms with Crippen molar-refractivity contribution in [2.45, 2.75) is 32.7 Å². The number of esters is 1. The molecule has 1 aromatic heterocycles. The molecule has 0 saturated carbocycles. The van der Waals surface area contributed by atoms with Gasteiger partial charge in [-0.25, -0.2) is 4.68 Å². The van der Waals surface area contributed by atoms with E-state index in [1.165, 1.54) is 11.8 Å². The Morgan fingerprint density at radius 2 is 1.92 bits per heavy atom.